The number of Topliss-reactive ketones (excluding diaryl/α,β-unsaturated/α-hetero) is 1. The van der Waals surface area contributed by atoms with E-state index >= 15 is 0 Å². The molecule has 1 aliphatic heterocycles. The predicted molar refractivity (Wildman–Crippen MR) is 81.7 cm³/mol. The first-order valence-corrected chi connectivity index (χ1v) is 7.04. The molecule has 1 aliphatic rings. The van der Waals surface area contributed by atoms with Crippen LogP contribution in [0, 0.1) is 0 Å². The fourth-order valence-corrected chi connectivity index (χ4v) is 2.30. The second-order valence-electron chi connectivity index (χ2n) is 5.00. The SMILES string of the molecule is C=CCN1C(=O)C(C)Oc2ccc(C(=O)CCCN)cc21. The van der Waals surface area contributed by atoms with E-state index in [0.29, 0.717) is 42.9 Å². The zero-order valence-electron chi connectivity index (χ0n) is 12.2. The second kappa shape index (κ2) is 6.54. The summed E-state index contributed by atoms with van der Waals surface area (Å²) < 4.78 is 5.58. The molecule has 0 fully saturated rings. The van der Waals surface area contributed by atoms with Gasteiger partial charge in [0, 0.05) is 18.5 Å². The summed E-state index contributed by atoms with van der Waals surface area (Å²) in [5.41, 5.74) is 6.62. The van der Waals surface area contributed by atoms with Gasteiger partial charge in [-0.15, -0.1) is 6.58 Å². The smallest absolute Gasteiger partial charge is 0.268 e. The number of nitrogens with zero attached hydrogens (tertiary/aromatic N) is 1. The normalized spacial score (nSPS) is 17.1. The number of carbonyl (C=O) groups excluding carboxylic acids is 2. The second-order valence-corrected chi connectivity index (χ2v) is 5.00. The fourth-order valence-electron chi connectivity index (χ4n) is 2.30. The van der Waals surface area contributed by atoms with Crippen molar-refractivity contribution in [1.82, 2.24) is 0 Å². The number of carbonyl (C=O) groups is 2. The molecule has 0 bridgehead atoms. The molecule has 2 N–H and O–H groups in total. The number of ketones is 1. The molecule has 1 unspecified atom stereocenters. The summed E-state index contributed by atoms with van der Waals surface area (Å²) in [6, 6.07) is 5.18. The van der Waals surface area contributed by atoms with Gasteiger partial charge in [-0.2, -0.15) is 0 Å². The zero-order valence-corrected chi connectivity index (χ0v) is 12.2. The maximum Gasteiger partial charge on any atom is 0.268 e. The lowest BCUT2D eigenvalue weighted by molar-refractivity contribution is -0.125. The minimum absolute atomic E-state index is 0.0212. The van der Waals surface area contributed by atoms with Gasteiger partial charge in [0.15, 0.2) is 11.9 Å². The van der Waals surface area contributed by atoms with Crippen LogP contribution in [-0.2, 0) is 4.79 Å². The van der Waals surface area contributed by atoms with Crippen LogP contribution in [0.1, 0.15) is 30.1 Å². The molecular formula is C16H20N2O3. The number of hydrogen-bond acceptors (Lipinski definition) is 4. The number of hydrogen-bond donors (Lipinski definition) is 1. The molecule has 2 rings (SSSR count). The van der Waals surface area contributed by atoms with E-state index in [9.17, 15) is 9.59 Å². The third kappa shape index (κ3) is 3.13. The minimum atomic E-state index is -0.531. The van der Waals surface area contributed by atoms with Crippen LogP contribution in [0.3, 0.4) is 0 Å². The maximum atomic E-state index is 12.2. The Hall–Kier alpha value is -2.14. The zero-order chi connectivity index (χ0) is 15.4. The summed E-state index contributed by atoms with van der Waals surface area (Å²) >= 11 is 0. The Morgan fingerprint density at radius 3 is 2.95 bits per heavy atom. The average Bonchev–Trinajstić information content (AvgIpc) is 2.49. The lowest BCUT2D eigenvalue weighted by Crippen LogP contribution is -2.44. The monoisotopic (exact) mass is 288 g/mol. The highest BCUT2D eigenvalue weighted by Crippen LogP contribution is 2.35. The van der Waals surface area contributed by atoms with E-state index in [0.717, 1.165) is 0 Å². The van der Waals surface area contributed by atoms with Gasteiger partial charge >= 0.3 is 0 Å². The van der Waals surface area contributed by atoms with E-state index in [4.69, 9.17) is 10.5 Å². The van der Waals surface area contributed by atoms with Crippen molar-refractivity contribution >= 4 is 17.4 Å². The number of amides is 1. The molecule has 0 aliphatic carbocycles. The summed E-state index contributed by atoms with van der Waals surface area (Å²) in [7, 11) is 0. The molecule has 1 heterocycles. The number of rotatable bonds is 6. The van der Waals surface area contributed by atoms with Gasteiger partial charge in [-0.05, 0) is 38.1 Å². The summed E-state index contributed by atoms with van der Waals surface area (Å²) in [6.45, 7) is 6.25. The summed E-state index contributed by atoms with van der Waals surface area (Å²) in [4.78, 5) is 25.9. The first-order chi connectivity index (χ1) is 10.1. The number of anilines is 1. The number of fused-ring (bicyclic) bond motifs is 1. The van der Waals surface area contributed by atoms with E-state index in [1.165, 1.54) is 0 Å². The highest BCUT2D eigenvalue weighted by molar-refractivity contribution is 6.03. The summed E-state index contributed by atoms with van der Waals surface area (Å²) in [5.74, 6) is 0.501. The first-order valence-electron chi connectivity index (χ1n) is 7.04. The van der Waals surface area contributed by atoms with Crippen LogP contribution in [0.5, 0.6) is 5.75 Å². The van der Waals surface area contributed by atoms with E-state index in [1.54, 1.807) is 36.1 Å². The van der Waals surface area contributed by atoms with Crippen molar-refractivity contribution in [2.75, 3.05) is 18.0 Å². The van der Waals surface area contributed by atoms with Gasteiger partial charge < -0.3 is 15.4 Å². The van der Waals surface area contributed by atoms with Crippen LogP contribution in [0.15, 0.2) is 30.9 Å². The fraction of sp³-hybridized carbons (Fsp3) is 0.375. The van der Waals surface area contributed by atoms with Crippen molar-refractivity contribution in [2.24, 2.45) is 5.73 Å². The van der Waals surface area contributed by atoms with E-state index in [1.807, 2.05) is 0 Å². The van der Waals surface area contributed by atoms with Crippen LogP contribution in [0.4, 0.5) is 5.69 Å². The molecule has 0 radical (unpaired) electrons. The Balaban J connectivity index is 2.34. The van der Waals surface area contributed by atoms with Crippen LogP contribution in [0.25, 0.3) is 0 Å². The standard InChI is InChI=1S/C16H20N2O3/c1-3-9-18-13-10-12(14(19)5-4-8-17)6-7-15(13)21-11(2)16(18)20/h3,6-7,10-11H,1,4-5,8-9,17H2,2H3. The summed E-state index contributed by atoms with van der Waals surface area (Å²) in [5, 5.41) is 0. The van der Waals surface area contributed by atoms with Gasteiger partial charge in [0.05, 0.1) is 5.69 Å². The lowest BCUT2D eigenvalue weighted by atomic mass is 10.0. The molecule has 5 heteroatoms. The van der Waals surface area contributed by atoms with Gasteiger partial charge in [-0.3, -0.25) is 9.59 Å². The molecule has 0 spiro atoms. The van der Waals surface area contributed by atoms with E-state index in [2.05, 4.69) is 6.58 Å². The maximum absolute atomic E-state index is 12.2. The van der Waals surface area contributed by atoms with Gasteiger partial charge in [-0.25, -0.2) is 0 Å². The first kappa shape index (κ1) is 15.3. The largest absolute Gasteiger partial charge is 0.479 e. The average molecular weight is 288 g/mol. The van der Waals surface area contributed by atoms with Crippen LogP contribution in [0.2, 0.25) is 0 Å². The van der Waals surface area contributed by atoms with Gasteiger partial charge in [0.1, 0.15) is 5.75 Å². The Kier molecular flexibility index (Phi) is 4.75. The molecule has 1 aromatic rings. The third-order valence-corrected chi connectivity index (χ3v) is 3.41. The molecule has 0 saturated heterocycles. The van der Waals surface area contributed by atoms with Gasteiger partial charge in [0.25, 0.3) is 5.91 Å². The Morgan fingerprint density at radius 1 is 1.52 bits per heavy atom. The Morgan fingerprint density at radius 2 is 2.29 bits per heavy atom. The number of nitrogens with two attached hydrogens (primary N) is 1. The van der Waals surface area contributed by atoms with Crippen molar-refractivity contribution in [2.45, 2.75) is 25.9 Å². The summed E-state index contributed by atoms with van der Waals surface area (Å²) in [6.07, 6.45) is 2.18. The van der Waals surface area contributed by atoms with Crippen LogP contribution < -0.4 is 15.4 Å². The molecule has 0 aromatic heterocycles. The molecule has 1 amide bonds. The van der Waals surface area contributed by atoms with E-state index in [-0.39, 0.29) is 11.7 Å². The molecule has 1 aromatic carbocycles. The minimum Gasteiger partial charge on any atom is -0.479 e. The van der Waals surface area contributed by atoms with E-state index < -0.39 is 6.10 Å². The van der Waals surface area contributed by atoms with Crippen molar-refractivity contribution in [1.29, 1.82) is 0 Å². The lowest BCUT2D eigenvalue weighted by Gasteiger charge is -2.32. The number of ether oxygens (including phenoxy) is 1. The quantitative estimate of drug-likeness (QED) is 0.641. The van der Waals surface area contributed by atoms with Crippen molar-refractivity contribution in [3.05, 3.63) is 36.4 Å². The Bertz CT molecular complexity index is 569. The molecular weight excluding hydrogens is 268 g/mol. The number of benzene rings is 1. The highest BCUT2D eigenvalue weighted by atomic mass is 16.5. The Labute approximate surface area is 124 Å². The van der Waals surface area contributed by atoms with Gasteiger partial charge in [0.2, 0.25) is 0 Å². The van der Waals surface area contributed by atoms with Crippen molar-refractivity contribution in [3.8, 4) is 5.75 Å². The molecule has 21 heavy (non-hydrogen) atoms. The molecule has 112 valence electrons. The molecule has 1 atom stereocenters. The van der Waals surface area contributed by atoms with Crippen molar-refractivity contribution < 1.29 is 14.3 Å². The molecule has 0 saturated carbocycles. The predicted octanol–water partition coefficient (Wildman–Crippen LogP) is 1.91. The highest BCUT2D eigenvalue weighted by Gasteiger charge is 2.31. The topological polar surface area (TPSA) is 72.6 Å². The van der Waals surface area contributed by atoms with Crippen molar-refractivity contribution in [3.63, 3.8) is 0 Å². The third-order valence-electron chi connectivity index (χ3n) is 3.41. The van der Waals surface area contributed by atoms with Crippen LogP contribution in [-0.4, -0.2) is 30.9 Å². The van der Waals surface area contributed by atoms with Gasteiger partial charge in [-0.1, -0.05) is 6.08 Å². The van der Waals surface area contributed by atoms with Crippen LogP contribution >= 0.6 is 0 Å². The molecule has 5 nitrogen and oxygen atoms in total.